The van der Waals surface area contributed by atoms with Crippen molar-refractivity contribution in [1.82, 2.24) is 15.2 Å². The van der Waals surface area contributed by atoms with Crippen molar-refractivity contribution in [2.45, 2.75) is 20.0 Å². The van der Waals surface area contributed by atoms with Crippen molar-refractivity contribution in [3.63, 3.8) is 0 Å². The van der Waals surface area contributed by atoms with E-state index in [4.69, 9.17) is 0 Å². The lowest BCUT2D eigenvalue weighted by Gasteiger charge is -2.06. The number of nitrogens with one attached hydrogen (secondary N) is 2. The number of fused-ring (bicyclic) bond motifs is 1. The Hall–Kier alpha value is -1.81. The number of hydrogen-bond acceptors (Lipinski definition) is 2. The van der Waals surface area contributed by atoms with Crippen LogP contribution in [0.3, 0.4) is 0 Å². The molecule has 0 fully saturated rings. The number of likely N-dealkylation sites (N-methyl/N-ethyl adjacent to an activating group) is 1. The zero-order chi connectivity index (χ0) is 13.0. The topological polar surface area (TPSA) is 46.1 Å². The van der Waals surface area contributed by atoms with Gasteiger partial charge in [0.25, 0.3) is 0 Å². The number of amides is 1. The van der Waals surface area contributed by atoms with Crippen LogP contribution in [-0.2, 0) is 17.9 Å². The fraction of sp³-hybridized carbons (Fsp3) is 0.357. The van der Waals surface area contributed by atoms with E-state index < -0.39 is 0 Å². The Morgan fingerprint density at radius 3 is 2.89 bits per heavy atom. The first kappa shape index (κ1) is 12.6. The van der Waals surface area contributed by atoms with Crippen molar-refractivity contribution in [3.8, 4) is 0 Å². The summed E-state index contributed by atoms with van der Waals surface area (Å²) in [5, 5.41) is 7.11. The van der Waals surface area contributed by atoms with Gasteiger partial charge in [-0.2, -0.15) is 0 Å². The molecule has 0 spiro atoms. The van der Waals surface area contributed by atoms with Gasteiger partial charge in [-0.1, -0.05) is 19.1 Å². The van der Waals surface area contributed by atoms with Gasteiger partial charge in [0.05, 0.1) is 0 Å². The maximum atomic E-state index is 11.4. The minimum Gasteiger partial charge on any atom is -0.358 e. The van der Waals surface area contributed by atoms with Crippen molar-refractivity contribution in [2.75, 3.05) is 13.6 Å². The second-order valence-corrected chi connectivity index (χ2v) is 4.29. The standard InChI is InChI=1S/C14H19N3O/c1-3-16-9-11-4-5-12-6-7-17(13(12)8-11)10-14(18)15-2/h4-8,16H,3,9-10H2,1-2H3,(H,15,18). The van der Waals surface area contributed by atoms with E-state index in [1.54, 1.807) is 7.05 Å². The summed E-state index contributed by atoms with van der Waals surface area (Å²) in [6.07, 6.45) is 1.96. The highest BCUT2D eigenvalue weighted by molar-refractivity contribution is 5.83. The summed E-state index contributed by atoms with van der Waals surface area (Å²) in [5.74, 6) is 0.0181. The third-order valence-electron chi connectivity index (χ3n) is 3.01. The van der Waals surface area contributed by atoms with Crippen molar-refractivity contribution in [3.05, 3.63) is 36.0 Å². The van der Waals surface area contributed by atoms with Crippen LogP contribution in [0.25, 0.3) is 10.9 Å². The zero-order valence-corrected chi connectivity index (χ0v) is 10.9. The second-order valence-electron chi connectivity index (χ2n) is 4.29. The Kier molecular flexibility index (Phi) is 3.99. The molecular weight excluding hydrogens is 226 g/mol. The Labute approximate surface area is 107 Å². The summed E-state index contributed by atoms with van der Waals surface area (Å²) in [7, 11) is 1.66. The molecule has 0 bridgehead atoms. The van der Waals surface area contributed by atoms with Crippen LogP contribution in [0.5, 0.6) is 0 Å². The zero-order valence-electron chi connectivity index (χ0n) is 10.9. The van der Waals surface area contributed by atoms with E-state index in [0.717, 1.165) is 18.6 Å². The van der Waals surface area contributed by atoms with Gasteiger partial charge < -0.3 is 15.2 Å². The first-order valence-corrected chi connectivity index (χ1v) is 6.23. The van der Waals surface area contributed by atoms with Crippen LogP contribution in [0.15, 0.2) is 30.5 Å². The van der Waals surface area contributed by atoms with Crippen molar-refractivity contribution < 1.29 is 4.79 Å². The van der Waals surface area contributed by atoms with E-state index in [1.807, 2.05) is 16.8 Å². The van der Waals surface area contributed by atoms with Crippen molar-refractivity contribution >= 4 is 16.8 Å². The Balaban J connectivity index is 2.28. The van der Waals surface area contributed by atoms with Gasteiger partial charge in [-0.3, -0.25) is 4.79 Å². The molecule has 0 unspecified atom stereocenters. The van der Waals surface area contributed by atoms with E-state index in [2.05, 4.69) is 35.8 Å². The molecule has 0 aliphatic carbocycles. The molecule has 2 rings (SSSR count). The summed E-state index contributed by atoms with van der Waals surface area (Å²) < 4.78 is 1.98. The third-order valence-corrected chi connectivity index (χ3v) is 3.01. The van der Waals surface area contributed by atoms with Crippen molar-refractivity contribution in [1.29, 1.82) is 0 Å². The molecule has 0 atom stereocenters. The average Bonchev–Trinajstić information content (AvgIpc) is 2.79. The number of rotatable bonds is 5. The molecule has 0 radical (unpaired) electrons. The molecule has 1 aromatic carbocycles. The molecule has 96 valence electrons. The molecule has 1 amide bonds. The molecule has 0 aliphatic heterocycles. The van der Waals surface area contributed by atoms with E-state index in [1.165, 1.54) is 10.9 Å². The molecule has 2 aromatic rings. The van der Waals surface area contributed by atoms with Crippen LogP contribution >= 0.6 is 0 Å². The minimum atomic E-state index is 0.0181. The van der Waals surface area contributed by atoms with Crippen LogP contribution in [0.1, 0.15) is 12.5 Å². The fourth-order valence-electron chi connectivity index (χ4n) is 1.98. The van der Waals surface area contributed by atoms with Crippen LogP contribution in [-0.4, -0.2) is 24.1 Å². The number of nitrogens with zero attached hydrogens (tertiary/aromatic N) is 1. The SMILES string of the molecule is CCNCc1ccc2ccn(CC(=O)NC)c2c1. The van der Waals surface area contributed by atoms with Crippen molar-refractivity contribution in [2.24, 2.45) is 0 Å². The first-order chi connectivity index (χ1) is 8.74. The largest absolute Gasteiger partial charge is 0.358 e. The van der Waals surface area contributed by atoms with Gasteiger partial charge in [0.2, 0.25) is 5.91 Å². The molecule has 0 aliphatic rings. The lowest BCUT2D eigenvalue weighted by atomic mass is 10.1. The van der Waals surface area contributed by atoms with Crippen LogP contribution in [0, 0.1) is 0 Å². The summed E-state index contributed by atoms with van der Waals surface area (Å²) in [4.78, 5) is 11.4. The lowest BCUT2D eigenvalue weighted by Crippen LogP contribution is -2.23. The second kappa shape index (κ2) is 5.69. The molecule has 4 heteroatoms. The molecule has 18 heavy (non-hydrogen) atoms. The van der Waals surface area contributed by atoms with Gasteiger partial charge in [-0.05, 0) is 29.6 Å². The fourth-order valence-corrected chi connectivity index (χ4v) is 1.98. The highest BCUT2D eigenvalue weighted by Gasteiger charge is 2.05. The monoisotopic (exact) mass is 245 g/mol. The molecule has 2 N–H and O–H groups in total. The number of benzene rings is 1. The number of hydrogen-bond donors (Lipinski definition) is 2. The normalized spacial score (nSPS) is 10.8. The number of carbonyl (C=O) groups excluding carboxylic acids is 1. The minimum absolute atomic E-state index is 0.0181. The van der Waals surface area contributed by atoms with Gasteiger partial charge >= 0.3 is 0 Å². The maximum absolute atomic E-state index is 11.4. The summed E-state index contributed by atoms with van der Waals surface area (Å²) in [6, 6.07) is 8.40. The van der Waals surface area contributed by atoms with Crippen LogP contribution in [0.4, 0.5) is 0 Å². The number of aromatic nitrogens is 1. The molecule has 0 saturated carbocycles. The number of carbonyl (C=O) groups is 1. The van der Waals surface area contributed by atoms with Gasteiger partial charge in [0.1, 0.15) is 6.54 Å². The van der Waals surface area contributed by atoms with Gasteiger partial charge in [-0.25, -0.2) is 0 Å². The Morgan fingerprint density at radius 1 is 1.33 bits per heavy atom. The summed E-state index contributed by atoms with van der Waals surface area (Å²) in [5.41, 5.74) is 2.34. The Morgan fingerprint density at radius 2 is 2.17 bits per heavy atom. The predicted molar refractivity (Wildman–Crippen MR) is 73.4 cm³/mol. The van der Waals surface area contributed by atoms with E-state index in [0.29, 0.717) is 6.54 Å². The molecular formula is C14H19N3O. The van der Waals surface area contributed by atoms with Crippen LogP contribution < -0.4 is 10.6 Å². The molecule has 1 aromatic heterocycles. The quantitative estimate of drug-likeness (QED) is 0.838. The maximum Gasteiger partial charge on any atom is 0.239 e. The lowest BCUT2D eigenvalue weighted by molar-refractivity contribution is -0.121. The van der Waals surface area contributed by atoms with E-state index in [-0.39, 0.29) is 5.91 Å². The average molecular weight is 245 g/mol. The van der Waals surface area contributed by atoms with Gasteiger partial charge in [0, 0.05) is 25.3 Å². The summed E-state index contributed by atoms with van der Waals surface area (Å²) in [6.45, 7) is 4.27. The van der Waals surface area contributed by atoms with Crippen LogP contribution in [0.2, 0.25) is 0 Å². The Bertz CT molecular complexity index is 545. The van der Waals surface area contributed by atoms with E-state index >= 15 is 0 Å². The smallest absolute Gasteiger partial charge is 0.239 e. The summed E-state index contributed by atoms with van der Waals surface area (Å²) >= 11 is 0. The molecule has 0 saturated heterocycles. The highest BCUT2D eigenvalue weighted by Crippen LogP contribution is 2.17. The molecule has 1 heterocycles. The predicted octanol–water partition coefficient (Wildman–Crippen LogP) is 1.50. The van der Waals surface area contributed by atoms with Gasteiger partial charge in [-0.15, -0.1) is 0 Å². The third kappa shape index (κ3) is 2.71. The van der Waals surface area contributed by atoms with Gasteiger partial charge in [0.15, 0.2) is 0 Å². The van der Waals surface area contributed by atoms with E-state index in [9.17, 15) is 4.79 Å². The molecule has 4 nitrogen and oxygen atoms in total. The first-order valence-electron chi connectivity index (χ1n) is 6.23. The highest BCUT2D eigenvalue weighted by atomic mass is 16.1.